The summed E-state index contributed by atoms with van der Waals surface area (Å²) in [6.45, 7) is 0.818. The molecule has 20 heavy (non-hydrogen) atoms. The molecule has 1 saturated heterocycles. The molecule has 7 heteroatoms. The van der Waals surface area contributed by atoms with E-state index in [4.69, 9.17) is 0 Å². The first-order valence-corrected chi connectivity index (χ1v) is 7.27. The van der Waals surface area contributed by atoms with E-state index in [0.29, 0.717) is 10.9 Å². The van der Waals surface area contributed by atoms with Crippen molar-refractivity contribution in [2.24, 2.45) is 0 Å². The molecule has 1 aromatic rings. The number of hydrogen-bond donors (Lipinski definition) is 2. The Balaban J connectivity index is 0.00000200. The van der Waals surface area contributed by atoms with Gasteiger partial charge in [0.05, 0.1) is 12.0 Å². The van der Waals surface area contributed by atoms with Crippen molar-refractivity contribution >= 4 is 29.3 Å². The largest absolute Gasteiger partial charge is 1.00 e. The van der Waals surface area contributed by atoms with Crippen LogP contribution in [0.2, 0.25) is 0 Å². The van der Waals surface area contributed by atoms with Gasteiger partial charge in [-0.25, -0.2) is 0 Å². The van der Waals surface area contributed by atoms with Gasteiger partial charge in [0.2, 0.25) is 5.91 Å². The predicted octanol–water partition coefficient (Wildman–Crippen LogP) is -2.91. The number of carbonyl (C=O) groups excluding carboxylic acids is 2. The molecule has 0 saturated carbocycles. The number of hydrogen-bond acceptors (Lipinski definition) is 5. The zero-order valence-electron chi connectivity index (χ0n) is 11.5. The quantitative estimate of drug-likeness (QED) is 0.583. The van der Waals surface area contributed by atoms with E-state index in [1.807, 2.05) is 6.26 Å². The summed E-state index contributed by atoms with van der Waals surface area (Å²) in [4.78, 5) is 22.7. The van der Waals surface area contributed by atoms with E-state index in [2.05, 4.69) is 10.6 Å². The number of carbonyl (C=O) groups is 2. The first-order valence-electron chi connectivity index (χ1n) is 5.98. The van der Waals surface area contributed by atoms with Crippen LogP contribution in [0, 0.1) is 0 Å². The Bertz CT molecular complexity index is 498. The van der Waals surface area contributed by atoms with Gasteiger partial charge in [-0.1, -0.05) is 12.1 Å². The summed E-state index contributed by atoms with van der Waals surface area (Å²) in [5.41, 5.74) is 0.528. The van der Waals surface area contributed by atoms with Gasteiger partial charge in [-0.2, -0.15) is 11.8 Å². The molecule has 1 amide bonds. The predicted molar refractivity (Wildman–Crippen MR) is 73.1 cm³/mol. The average molecular weight is 302 g/mol. The number of anilines is 1. The molecule has 1 aliphatic rings. The summed E-state index contributed by atoms with van der Waals surface area (Å²) in [6.07, 6.45) is 2.81. The minimum absolute atomic E-state index is 0. The maximum atomic E-state index is 12.0. The number of thioether (sulfide) groups is 1. The molecule has 2 rings (SSSR count). The van der Waals surface area contributed by atoms with E-state index in [1.165, 1.54) is 12.1 Å². The van der Waals surface area contributed by atoms with Crippen LogP contribution in [-0.4, -0.2) is 36.0 Å². The molecular formula is C13H15N2NaO3S. The van der Waals surface area contributed by atoms with Gasteiger partial charge in [-0.15, -0.1) is 0 Å². The summed E-state index contributed by atoms with van der Waals surface area (Å²) in [5, 5.41) is 17.1. The summed E-state index contributed by atoms with van der Waals surface area (Å²) in [7, 11) is 0. The first-order chi connectivity index (χ1) is 9.10. The van der Waals surface area contributed by atoms with Crippen LogP contribution in [0.25, 0.3) is 0 Å². The van der Waals surface area contributed by atoms with E-state index in [-0.39, 0.29) is 47.1 Å². The summed E-state index contributed by atoms with van der Waals surface area (Å²) in [5.74, 6) is -1.38. The number of aromatic carboxylic acids is 1. The van der Waals surface area contributed by atoms with Gasteiger partial charge in [0.25, 0.3) is 0 Å². The Morgan fingerprint density at radius 1 is 1.45 bits per heavy atom. The Labute approximate surface area is 144 Å². The molecule has 0 radical (unpaired) electrons. The molecule has 1 heterocycles. The topological polar surface area (TPSA) is 81.3 Å². The van der Waals surface area contributed by atoms with E-state index < -0.39 is 5.97 Å². The van der Waals surface area contributed by atoms with Crippen molar-refractivity contribution in [3.05, 3.63) is 29.8 Å². The van der Waals surface area contributed by atoms with E-state index in [1.54, 1.807) is 23.9 Å². The van der Waals surface area contributed by atoms with Gasteiger partial charge in [0.1, 0.15) is 0 Å². The standard InChI is InChI=1S/C13H16N2O3S.Na/c1-19-10-6-11(14-7-10)12(16)15-9-4-2-3-8(5-9)13(17)18;/h2-5,10-11,14H,6-7H2,1H3,(H,15,16)(H,17,18);/q;+1/p-1/t10-,11-;/m0./s1. The fourth-order valence-corrected chi connectivity index (χ4v) is 2.68. The van der Waals surface area contributed by atoms with Crippen LogP contribution in [0.5, 0.6) is 0 Å². The molecule has 0 bridgehead atoms. The average Bonchev–Trinajstić information content (AvgIpc) is 2.88. The van der Waals surface area contributed by atoms with Crippen LogP contribution in [0.3, 0.4) is 0 Å². The third kappa shape index (κ3) is 4.49. The van der Waals surface area contributed by atoms with Gasteiger partial charge < -0.3 is 20.5 Å². The number of nitrogens with one attached hydrogen (secondary N) is 2. The van der Waals surface area contributed by atoms with Crippen LogP contribution in [0.4, 0.5) is 5.69 Å². The van der Waals surface area contributed by atoms with Gasteiger partial charge in [-0.05, 0) is 30.4 Å². The molecule has 0 aromatic heterocycles. The fourth-order valence-electron chi connectivity index (χ4n) is 2.04. The molecule has 1 aromatic carbocycles. The Morgan fingerprint density at radius 3 is 2.80 bits per heavy atom. The van der Waals surface area contributed by atoms with Gasteiger partial charge in [-0.3, -0.25) is 4.79 Å². The molecule has 2 N–H and O–H groups in total. The normalized spacial score (nSPS) is 21.1. The van der Waals surface area contributed by atoms with Crippen molar-refractivity contribution in [2.45, 2.75) is 17.7 Å². The van der Waals surface area contributed by atoms with E-state index in [9.17, 15) is 14.7 Å². The maximum Gasteiger partial charge on any atom is 1.00 e. The van der Waals surface area contributed by atoms with E-state index in [0.717, 1.165) is 13.0 Å². The summed E-state index contributed by atoms with van der Waals surface area (Å²) in [6, 6.07) is 5.85. The third-order valence-corrected chi connectivity index (χ3v) is 4.13. The molecule has 0 spiro atoms. The van der Waals surface area contributed by atoms with Crippen molar-refractivity contribution in [1.82, 2.24) is 5.32 Å². The molecule has 1 aliphatic heterocycles. The molecular weight excluding hydrogens is 287 g/mol. The molecule has 5 nitrogen and oxygen atoms in total. The number of carboxylic acid groups (broad SMARTS) is 1. The minimum atomic E-state index is -1.25. The number of rotatable bonds is 4. The second-order valence-electron chi connectivity index (χ2n) is 4.41. The van der Waals surface area contributed by atoms with Crippen LogP contribution in [0.1, 0.15) is 16.8 Å². The van der Waals surface area contributed by atoms with Gasteiger partial charge in [0.15, 0.2) is 0 Å². The van der Waals surface area contributed by atoms with Gasteiger partial charge >= 0.3 is 29.6 Å². The Morgan fingerprint density at radius 2 is 2.20 bits per heavy atom. The molecule has 1 fully saturated rings. The summed E-state index contributed by atoms with van der Waals surface area (Å²) >= 11 is 1.74. The van der Waals surface area contributed by atoms with Crippen molar-refractivity contribution < 1.29 is 44.3 Å². The van der Waals surface area contributed by atoms with Crippen molar-refractivity contribution in [3.63, 3.8) is 0 Å². The maximum absolute atomic E-state index is 12.0. The number of amides is 1. The smallest absolute Gasteiger partial charge is 0.545 e. The van der Waals surface area contributed by atoms with Crippen LogP contribution >= 0.6 is 11.8 Å². The number of benzene rings is 1. The van der Waals surface area contributed by atoms with Crippen molar-refractivity contribution in [2.75, 3.05) is 18.1 Å². The second kappa shape index (κ2) is 8.05. The second-order valence-corrected chi connectivity index (χ2v) is 5.55. The first kappa shape index (κ1) is 17.5. The van der Waals surface area contributed by atoms with Gasteiger partial charge in [0, 0.05) is 17.5 Å². The molecule has 2 atom stereocenters. The van der Waals surface area contributed by atoms with Crippen molar-refractivity contribution in [3.8, 4) is 0 Å². The minimum Gasteiger partial charge on any atom is -0.545 e. The van der Waals surface area contributed by atoms with Crippen LogP contribution in [-0.2, 0) is 4.79 Å². The third-order valence-electron chi connectivity index (χ3n) is 3.11. The molecule has 0 aliphatic carbocycles. The van der Waals surface area contributed by atoms with Crippen molar-refractivity contribution in [1.29, 1.82) is 0 Å². The monoisotopic (exact) mass is 302 g/mol. The fraction of sp³-hybridized carbons (Fsp3) is 0.385. The SMILES string of the molecule is CS[C@@H]1CN[C@H](C(=O)Nc2cccc(C(=O)[O-])c2)C1.[Na+]. The Kier molecular flexibility index (Phi) is 7.05. The molecule has 102 valence electrons. The zero-order chi connectivity index (χ0) is 13.8. The van der Waals surface area contributed by atoms with Crippen LogP contribution < -0.4 is 45.3 Å². The summed E-state index contributed by atoms with van der Waals surface area (Å²) < 4.78 is 0. The van der Waals surface area contributed by atoms with E-state index >= 15 is 0 Å². The number of carboxylic acids is 1. The van der Waals surface area contributed by atoms with Crippen LogP contribution in [0.15, 0.2) is 24.3 Å². The molecule has 0 unspecified atom stereocenters. The Hall–Kier alpha value is -0.530. The zero-order valence-corrected chi connectivity index (χ0v) is 14.3.